The Hall–Kier alpha value is -1.78. The van der Waals surface area contributed by atoms with Crippen LogP contribution in [0.4, 0.5) is 11.6 Å². The van der Waals surface area contributed by atoms with Crippen LogP contribution in [0.2, 0.25) is 0 Å². The lowest BCUT2D eigenvalue weighted by atomic mass is 10.2. The number of pyridine rings is 1. The molecule has 1 aliphatic rings. The van der Waals surface area contributed by atoms with Gasteiger partial charge in [0.25, 0.3) is 0 Å². The van der Waals surface area contributed by atoms with Crippen molar-refractivity contribution >= 4 is 17.3 Å². The number of fused-ring (bicyclic) bond motifs is 1. The van der Waals surface area contributed by atoms with Gasteiger partial charge >= 0.3 is 0 Å². The quantitative estimate of drug-likeness (QED) is 0.802. The van der Waals surface area contributed by atoms with E-state index in [1.165, 1.54) is 25.7 Å². The average molecular weight is 217 g/mol. The molecule has 0 aromatic carbocycles. The minimum atomic E-state index is 0.318. The molecule has 0 atom stereocenters. The molecule has 5 heteroatoms. The molecule has 2 aromatic heterocycles. The highest BCUT2D eigenvalue weighted by molar-refractivity contribution is 5.55. The number of nitrogens with one attached hydrogen (secondary N) is 1. The first-order valence-electron chi connectivity index (χ1n) is 5.70. The van der Waals surface area contributed by atoms with E-state index in [9.17, 15) is 0 Å². The standard InChI is InChI=1S/C11H15N5/c12-11-14-10-7-9(5-6-16(10)15-11)13-8-3-1-2-4-8/h5-8,13H,1-4H2,(H2,12,15). The monoisotopic (exact) mass is 217 g/mol. The fourth-order valence-electron chi connectivity index (χ4n) is 2.29. The second kappa shape index (κ2) is 3.66. The topological polar surface area (TPSA) is 68.2 Å². The molecular formula is C11H15N5. The van der Waals surface area contributed by atoms with Gasteiger partial charge < -0.3 is 11.1 Å². The number of aromatic nitrogens is 3. The summed E-state index contributed by atoms with van der Waals surface area (Å²) in [6, 6.07) is 4.61. The third-order valence-corrected chi connectivity index (χ3v) is 3.08. The highest BCUT2D eigenvalue weighted by atomic mass is 15.3. The summed E-state index contributed by atoms with van der Waals surface area (Å²) in [6.07, 6.45) is 7.07. The minimum absolute atomic E-state index is 0.318. The van der Waals surface area contributed by atoms with E-state index in [1.807, 2.05) is 18.3 Å². The number of rotatable bonds is 2. The van der Waals surface area contributed by atoms with Gasteiger partial charge in [-0.15, -0.1) is 5.10 Å². The molecule has 0 aliphatic heterocycles. The zero-order valence-electron chi connectivity index (χ0n) is 9.06. The molecule has 2 aromatic rings. The zero-order chi connectivity index (χ0) is 11.0. The lowest BCUT2D eigenvalue weighted by Crippen LogP contribution is -2.14. The van der Waals surface area contributed by atoms with Crippen molar-refractivity contribution in [1.82, 2.24) is 14.6 Å². The lowest BCUT2D eigenvalue weighted by Gasteiger charge is -2.12. The van der Waals surface area contributed by atoms with Crippen molar-refractivity contribution in [2.45, 2.75) is 31.7 Å². The molecule has 16 heavy (non-hydrogen) atoms. The molecule has 84 valence electrons. The smallest absolute Gasteiger partial charge is 0.240 e. The molecule has 0 saturated heterocycles. The molecule has 0 unspecified atom stereocenters. The van der Waals surface area contributed by atoms with Crippen LogP contribution in [0, 0.1) is 0 Å². The van der Waals surface area contributed by atoms with Gasteiger partial charge in [-0.2, -0.15) is 4.98 Å². The second-order valence-electron chi connectivity index (χ2n) is 4.31. The van der Waals surface area contributed by atoms with Gasteiger partial charge in [0.2, 0.25) is 5.95 Å². The van der Waals surface area contributed by atoms with Gasteiger partial charge in [0.1, 0.15) is 0 Å². The molecular weight excluding hydrogens is 202 g/mol. The van der Waals surface area contributed by atoms with Crippen LogP contribution in [-0.2, 0) is 0 Å². The van der Waals surface area contributed by atoms with Gasteiger partial charge in [0.05, 0.1) is 0 Å². The summed E-state index contributed by atoms with van der Waals surface area (Å²) in [7, 11) is 0. The fraction of sp³-hybridized carbons (Fsp3) is 0.455. The van der Waals surface area contributed by atoms with Gasteiger partial charge in [-0.3, -0.25) is 0 Å². The second-order valence-corrected chi connectivity index (χ2v) is 4.31. The minimum Gasteiger partial charge on any atom is -0.382 e. The molecule has 1 fully saturated rings. The molecule has 0 spiro atoms. The van der Waals surface area contributed by atoms with Crippen LogP contribution in [0.5, 0.6) is 0 Å². The molecule has 1 aliphatic carbocycles. The molecule has 3 N–H and O–H groups in total. The summed E-state index contributed by atoms with van der Waals surface area (Å²) >= 11 is 0. The molecule has 0 radical (unpaired) electrons. The predicted molar refractivity (Wildman–Crippen MR) is 63.3 cm³/mol. The Morgan fingerprint density at radius 3 is 3.00 bits per heavy atom. The van der Waals surface area contributed by atoms with Gasteiger partial charge in [-0.1, -0.05) is 12.8 Å². The number of hydrogen-bond acceptors (Lipinski definition) is 4. The van der Waals surface area contributed by atoms with Crippen molar-refractivity contribution < 1.29 is 0 Å². The van der Waals surface area contributed by atoms with Crippen LogP contribution < -0.4 is 11.1 Å². The molecule has 0 bridgehead atoms. The molecule has 1 saturated carbocycles. The third-order valence-electron chi connectivity index (χ3n) is 3.08. The van der Waals surface area contributed by atoms with Crippen molar-refractivity contribution in [3.63, 3.8) is 0 Å². The van der Waals surface area contributed by atoms with E-state index >= 15 is 0 Å². The molecule has 3 rings (SSSR count). The SMILES string of the molecule is Nc1nc2cc(NC3CCCC3)ccn2n1. The van der Waals surface area contributed by atoms with E-state index in [2.05, 4.69) is 15.4 Å². The molecule has 5 nitrogen and oxygen atoms in total. The van der Waals surface area contributed by atoms with E-state index in [-0.39, 0.29) is 0 Å². The Balaban J connectivity index is 1.86. The van der Waals surface area contributed by atoms with Gasteiger partial charge in [-0.05, 0) is 18.9 Å². The van der Waals surface area contributed by atoms with Gasteiger partial charge in [-0.25, -0.2) is 4.52 Å². The van der Waals surface area contributed by atoms with Crippen molar-refractivity contribution in [3.8, 4) is 0 Å². The summed E-state index contributed by atoms with van der Waals surface area (Å²) in [6.45, 7) is 0. The van der Waals surface area contributed by atoms with E-state index in [0.717, 1.165) is 11.3 Å². The van der Waals surface area contributed by atoms with Crippen molar-refractivity contribution in [3.05, 3.63) is 18.3 Å². The Kier molecular flexibility index (Phi) is 2.16. The summed E-state index contributed by atoms with van der Waals surface area (Å²) in [5.74, 6) is 0.318. The third kappa shape index (κ3) is 1.68. The van der Waals surface area contributed by atoms with Crippen LogP contribution >= 0.6 is 0 Å². The predicted octanol–water partition coefficient (Wildman–Crippen LogP) is 1.67. The van der Waals surface area contributed by atoms with Crippen LogP contribution in [0.25, 0.3) is 5.65 Å². The van der Waals surface area contributed by atoms with Gasteiger partial charge in [0.15, 0.2) is 5.65 Å². The molecule has 2 heterocycles. The average Bonchev–Trinajstić information content (AvgIpc) is 2.85. The van der Waals surface area contributed by atoms with Crippen molar-refractivity contribution in [1.29, 1.82) is 0 Å². The highest BCUT2D eigenvalue weighted by Gasteiger charge is 2.14. The van der Waals surface area contributed by atoms with E-state index in [0.29, 0.717) is 12.0 Å². The number of nitrogen functional groups attached to an aromatic ring is 1. The van der Waals surface area contributed by atoms with Crippen LogP contribution in [0.1, 0.15) is 25.7 Å². The number of nitrogens with two attached hydrogens (primary N) is 1. The summed E-state index contributed by atoms with van der Waals surface area (Å²) < 4.78 is 1.69. The van der Waals surface area contributed by atoms with E-state index in [1.54, 1.807) is 4.52 Å². The Labute approximate surface area is 93.7 Å². The molecule has 0 amide bonds. The maximum atomic E-state index is 5.54. The first-order valence-corrected chi connectivity index (χ1v) is 5.70. The largest absolute Gasteiger partial charge is 0.382 e. The summed E-state index contributed by atoms with van der Waals surface area (Å²) in [5.41, 5.74) is 7.44. The summed E-state index contributed by atoms with van der Waals surface area (Å²) in [5, 5.41) is 7.56. The first kappa shape index (κ1) is 9.45. The zero-order valence-corrected chi connectivity index (χ0v) is 9.06. The number of anilines is 2. The van der Waals surface area contributed by atoms with Crippen LogP contribution in [0.3, 0.4) is 0 Å². The van der Waals surface area contributed by atoms with Gasteiger partial charge in [0, 0.05) is 24.0 Å². The normalized spacial score (nSPS) is 17.0. The van der Waals surface area contributed by atoms with Crippen molar-refractivity contribution in [2.75, 3.05) is 11.1 Å². The highest BCUT2D eigenvalue weighted by Crippen LogP contribution is 2.22. The first-order chi connectivity index (χ1) is 7.81. The maximum absolute atomic E-state index is 5.54. The number of hydrogen-bond donors (Lipinski definition) is 2. The van der Waals surface area contributed by atoms with Crippen LogP contribution in [-0.4, -0.2) is 20.6 Å². The number of nitrogens with zero attached hydrogens (tertiary/aromatic N) is 3. The lowest BCUT2D eigenvalue weighted by molar-refractivity contribution is 0.755. The maximum Gasteiger partial charge on any atom is 0.240 e. The van der Waals surface area contributed by atoms with E-state index < -0.39 is 0 Å². The van der Waals surface area contributed by atoms with Crippen LogP contribution in [0.15, 0.2) is 18.3 Å². The summed E-state index contributed by atoms with van der Waals surface area (Å²) in [4.78, 5) is 4.14. The van der Waals surface area contributed by atoms with E-state index in [4.69, 9.17) is 5.73 Å². The van der Waals surface area contributed by atoms with Crippen molar-refractivity contribution in [2.24, 2.45) is 0 Å². The Morgan fingerprint density at radius 1 is 1.38 bits per heavy atom. The Morgan fingerprint density at radius 2 is 2.19 bits per heavy atom. The fourth-order valence-corrected chi connectivity index (χ4v) is 2.29. The Bertz CT molecular complexity index is 498.